The number of hydrogen-bond donors (Lipinski definition) is 1. The fourth-order valence-corrected chi connectivity index (χ4v) is 5.41. The van der Waals surface area contributed by atoms with E-state index in [1.807, 2.05) is 24.4 Å². The van der Waals surface area contributed by atoms with Crippen molar-refractivity contribution in [1.82, 2.24) is 15.2 Å². The van der Waals surface area contributed by atoms with E-state index < -0.39 is 0 Å². The van der Waals surface area contributed by atoms with Crippen LogP contribution in [0.3, 0.4) is 0 Å². The third kappa shape index (κ3) is 4.00. The van der Waals surface area contributed by atoms with Gasteiger partial charge in [0, 0.05) is 29.1 Å². The monoisotopic (exact) mass is 407 g/mol. The number of hydrogen-bond acceptors (Lipinski definition) is 5. The van der Waals surface area contributed by atoms with Gasteiger partial charge in [-0.05, 0) is 49.9 Å². The van der Waals surface area contributed by atoms with Gasteiger partial charge in [-0.2, -0.15) is 0 Å². The van der Waals surface area contributed by atoms with Gasteiger partial charge in [0.25, 0.3) is 0 Å². The average Bonchev–Trinajstić information content (AvgIpc) is 3.12. The summed E-state index contributed by atoms with van der Waals surface area (Å²) in [5.74, 6) is 1.17. The minimum absolute atomic E-state index is 0.174. The first-order chi connectivity index (χ1) is 14.2. The molecule has 1 aliphatic heterocycles. The number of furan rings is 1. The molecule has 3 heterocycles. The topological polar surface area (TPSA) is 58.4 Å². The van der Waals surface area contributed by atoms with Crippen LogP contribution in [0.15, 0.2) is 59.3 Å². The fourth-order valence-electron chi connectivity index (χ4n) is 4.45. The maximum atomic E-state index is 12.5. The van der Waals surface area contributed by atoms with Crippen molar-refractivity contribution >= 4 is 17.2 Å². The number of carbonyl (C=O) groups excluding carboxylic acids is 1. The molecule has 1 saturated carbocycles. The highest BCUT2D eigenvalue weighted by Crippen LogP contribution is 2.59. The smallest absolute Gasteiger partial charge is 0.224 e. The number of likely N-dealkylation sites (tertiary alicyclic amines) is 1. The quantitative estimate of drug-likeness (QED) is 0.661. The normalized spacial score (nSPS) is 20.6. The molecule has 5 nitrogen and oxygen atoms in total. The van der Waals surface area contributed by atoms with Crippen LogP contribution in [0.2, 0.25) is 0 Å². The molecule has 1 N–H and O–H groups in total. The SMILES string of the molecule is O=C(NCc1ccco1)[C@H]1CC12CCN(Cc1cnc(-c3ccccc3)s1)CC2. The Morgan fingerprint density at radius 1 is 1.21 bits per heavy atom. The number of aromatic nitrogens is 1. The second-order valence-corrected chi connectivity index (χ2v) is 9.31. The maximum Gasteiger partial charge on any atom is 0.224 e. The van der Waals surface area contributed by atoms with Crippen LogP contribution in [0.1, 0.15) is 29.9 Å². The summed E-state index contributed by atoms with van der Waals surface area (Å²) in [6.07, 6.45) is 6.90. The summed E-state index contributed by atoms with van der Waals surface area (Å²) in [5, 5.41) is 4.12. The number of nitrogens with one attached hydrogen (secondary N) is 1. The lowest BCUT2D eigenvalue weighted by Gasteiger charge is -2.32. The van der Waals surface area contributed by atoms with E-state index in [1.165, 1.54) is 10.4 Å². The minimum atomic E-state index is 0.174. The molecule has 0 unspecified atom stereocenters. The Bertz CT molecular complexity index is 959. The molecule has 6 heteroatoms. The van der Waals surface area contributed by atoms with Gasteiger partial charge in [-0.3, -0.25) is 9.69 Å². The van der Waals surface area contributed by atoms with E-state index in [0.717, 1.165) is 49.7 Å². The van der Waals surface area contributed by atoms with Crippen LogP contribution in [0.5, 0.6) is 0 Å². The number of rotatable bonds is 6. The molecule has 3 aromatic rings. The van der Waals surface area contributed by atoms with Crippen molar-refractivity contribution in [3.8, 4) is 10.6 Å². The zero-order valence-corrected chi connectivity index (χ0v) is 17.2. The molecule has 150 valence electrons. The molecule has 1 saturated heterocycles. The minimum Gasteiger partial charge on any atom is -0.467 e. The van der Waals surface area contributed by atoms with Crippen molar-refractivity contribution in [1.29, 1.82) is 0 Å². The van der Waals surface area contributed by atoms with Gasteiger partial charge < -0.3 is 9.73 Å². The van der Waals surface area contributed by atoms with E-state index in [2.05, 4.69) is 39.5 Å². The van der Waals surface area contributed by atoms with Gasteiger partial charge in [-0.15, -0.1) is 11.3 Å². The zero-order valence-electron chi connectivity index (χ0n) is 16.3. The van der Waals surface area contributed by atoms with Gasteiger partial charge in [0.1, 0.15) is 10.8 Å². The first-order valence-electron chi connectivity index (χ1n) is 10.2. The van der Waals surface area contributed by atoms with Gasteiger partial charge in [-0.25, -0.2) is 4.98 Å². The summed E-state index contributed by atoms with van der Waals surface area (Å²) < 4.78 is 5.30. The highest BCUT2D eigenvalue weighted by molar-refractivity contribution is 7.15. The lowest BCUT2D eigenvalue weighted by atomic mass is 9.90. The molecule has 1 aliphatic carbocycles. The molecule has 2 aromatic heterocycles. The molecule has 5 rings (SSSR count). The molecule has 1 aromatic carbocycles. The highest BCUT2D eigenvalue weighted by atomic mass is 32.1. The van der Waals surface area contributed by atoms with E-state index in [9.17, 15) is 4.79 Å². The molecular formula is C23H25N3O2S. The number of benzene rings is 1. The summed E-state index contributed by atoms with van der Waals surface area (Å²) >= 11 is 1.78. The average molecular weight is 408 g/mol. The molecule has 1 atom stereocenters. The van der Waals surface area contributed by atoms with Gasteiger partial charge in [0.2, 0.25) is 5.91 Å². The van der Waals surface area contributed by atoms with Crippen molar-refractivity contribution in [3.63, 3.8) is 0 Å². The third-order valence-electron chi connectivity index (χ3n) is 6.33. The second kappa shape index (κ2) is 7.76. The molecule has 29 heavy (non-hydrogen) atoms. The first-order valence-corrected chi connectivity index (χ1v) is 11.1. The first kappa shape index (κ1) is 18.6. The van der Waals surface area contributed by atoms with Crippen molar-refractivity contribution in [3.05, 3.63) is 65.6 Å². The third-order valence-corrected chi connectivity index (χ3v) is 7.36. The lowest BCUT2D eigenvalue weighted by Crippen LogP contribution is -2.36. The Balaban J connectivity index is 1.11. The molecular weight excluding hydrogens is 382 g/mol. The Labute approximate surface area is 174 Å². The van der Waals surface area contributed by atoms with Crippen LogP contribution in [0.4, 0.5) is 0 Å². The van der Waals surface area contributed by atoms with Gasteiger partial charge >= 0.3 is 0 Å². The Kier molecular flexibility index (Phi) is 4.97. The van der Waals surface area contributed by atoms with Gasteiger partial charge in [-0.1, -0.05) is 30.3 Å². The number of nitrogens with zero attached hydrogens (tertiary/aromatic N) is 2. The van der Waals surface area contributed by atoms with Crippen LogP contribution in [0.25, 0.3) is 10.6 Å². The van der Waals surface area contributed by atoms with Crippen LogP contribution < -0.4 is 5.32 Å². The van der Waals surface area contributed by atoms with E-state index in [0.29, 0.717) is 6.54 Å². The summed E-state index contributed by atoms with van der Waals surface area (Å²) in [4.78, 5) is 20.9. The van der Waals surface area contributed by atoms with Crippen LogP contribution >= 0.6 is 11.3 Å². The van der Waals surface area contributed by atoms with Crippen molar-refractivity contribution < 1.29 is 9.21 Å². The van der Waals surface area contributed by atoms with Crippen LogP contribution in [-0.4, -0.2) is 28.9 Å². The fraction of sp³-hybridized carbons (Fsp3) is 0.391. The van der Waals surface area contributed by atoms with Crippen molar-refractivity contribution in [2.45, 2.75) is 32.4 Å². The van der Waals surface area contributed by atoms with Crippen molar-refractivity contribution in [2.24, 2.45) is 11.3 Å². The van der Waals surface area contributed by atoms with E-state index in [1.54, 1.807) is 17.6 Å². The van der Waals surface area contributed by atoms with Gasteiger partial charge in [0.15, 0.2) is 0 Å². The summed E-state index contributed by atoms with van der Waals surface area (Å²) in [7, 11) is 0. The van der Waals surface area contributed by atoms with Crippen LogP contribution in [0, 0.1) is 11.3 Å². The number of piperidine rings is 1. The Morgan fingerprint density at radius 2 is 2.03 bits per heavy atom. The zero-order chi connectivity index (χ0) is 19.7. The van der Waals surface area contributed by atoms with E-state index in [-0.39, 0.29) is 17.2 Å². The Hall–Kier alpha value is -2.44. The summed E-state index contributed by atoms with van der Waals surface area (Å²) in [6.45, 7) is 3.55. The van der Waals surface area contributed by atoms with Gasteiger partial charge in [0.05, 0.1) is 12.8 Å². The second-order valence-electron chi connectivity index (χ2n) is 8.19. The van der Waals surface area contributed by atoms with Crippen molar-refractivity contribution in [2.75, 3.05) is 13.1 Å². The summed E-state index contributed by atoms with van der Waals surface area (Å²) in [6, 6.07) is 14.1. The molecule has 0 radical (unpaired) electrons. The largest absolute Gasteiger partial charge is 0.467 e. The predicted octanol–water partition coefficient (Wildman–Crippen LogP) is 4.32. The predicted molar refractivity (Wildman–Crippen MR) is 113 cm³/mol. The van der Waals surface area contributed by atoms with E-state index in [4.69, 9.17) is 4.42 Å². The molecule has 1 spiro atoms. The molecule has 1 amide bonds. The molecule has 2 aliphatic rings. The summed E-state index contributed by atoms with van der Waals surface area (Å²) in [5.41, 5.74) is 1.41. The lowest BCUT2D eigenvalue weighted by molar-refractivity contribution is -0.123. The molecule has 0 bridgehead atoms. The maximum absolute atomic E-state index is 12.5. The standard InChI is InChI=1S/C23H25N3O2S/c27-21(24-14-18-7-4-12-28-18)20-13-23(20)8-10-26(11-9-23)16-19-15-25-22(29-19)17-5-2-1-3-6-17/h1-7,12,15,20H,8-11,13-14,16H2,(H,24,27)/t20-/m1/s1. The van der Waals surface area contributed by atoms with Crippen LogP contribution in [-0.2, 0) is 17.9 Å². The van der Waals surface area contributed by atoms with E-state index >= 15 is 0 Å². The Morgan fingerprint density at radius 3 is 2.79 bits per heavy atom. The number of carbonyl (C=O) groups is 1. The molecule has 2 fully saturated rings. The number of amides is 1. The highest BCUT2D eigenvalue weighted by Gasteiger charge is 2.58. The number of thiazole rings is 1.